The van der Waals surface area contributed by atoms with E-state index in [0.717, 1.165) is 16.9 Å². The molecule has 23 heavy (non-hydrogen) atoms. The zero-order chi connectivity index (χ0) is 17.0. The number of aryl methyl sites for hydroxylation is 2. The summed E-state index contributed by atoms with van der Waals surface area (Å²) in [6.07, 6.45) is 0.912. The summed E-state index contributed by atoms with van der Waals surface area (Å²) in [5.41, 5.74) is 6.82. The van der Waals surface area contributed by atoms with Gasteiger partial charge in [-0.2, -0.15) is 0 Å². The van der Waals surface area contributed by atoms with E-state index < -0.39 is 5.91 Å². The van der Waals surface area contributed by atoms with E-state index in [1.165, 1.54) is 40.5 Å². The van der Waals surface area contributed by atoms with Crippen molar-refractivity contribution in [3.63, 3.8) is 0 Å². The van der Waals surface area contributed by atoms with Crippen molar-refractivity contribution in [3.05, 3.63) is 51.5 Å². The number of hydrogen-bond acceptors (Lipinski definition) is 3. The van der Waals surface area contributed by atoms with Crippen LogP contribution in [0.2, 0.25) is 0 Å². The maximum Gasteiger partial charge on any atom is 0.268 e. The number of carbonyl (C=O) groups excluding carboxylic acids is 2. The molecule has 0 fully saturated rings. The molecule has 0 saturated heterocycles. The molecule has 2 aromatic rings. The van der Waals surface area contributed by atoms with Gasteiger partial charge in [0.05, 0.1) is 4.88 Å². The summed E-state index contributed by atoms with van der Waals surface area (Å²) < 4.78 is 13.1. The smallest absolute Gasteiger partial charge is 0.268 e. The Morgan fingerprint density at radius 2 is 1.91 bits per heavy atom. The van der Waals surface area contributed by atoms with Crippen LogP contribution in [0.3, 0.4) is 0 Å². The SMILES string of the molecule is CCc1sc(C(=O)N(CCC(N)=O)c2ccc(F)cc2)cc1C. The molecule has 1 aromatic heterocycles. The van der Waals surface area contributed by atoms with Crippen LogP contribution in [-0.4, -0.2) is 18.4 Å². The van der Waals surface area contributed by atoms with Crippen LogP contribution in [0, 0.1) is 12.7 Å². The Morgan fingerprint density at radius 1 is 1.26 bits per heavy atom. The molecule has 0 atom stereocenters. The Balaban J connectivity index is 2.33. The van der Waals surface area contributed by atoms with Crippen LogP contribution in [0.1, 0.15) is 33.5 Å². The van der Waals surface area contributed by atoms with Gasteiger partial charge < -0.3 is 10.6 Å². The predicted octanol–water partition coefficient (Wildman–Crippen LogP) is 3.28. The minimum absolute atomic E-state index is 0.0497. The quantitative estimate of drug-likeness (QED) is 0.881. The Kier molecular flexibility index (Phi) is 5.50. The van der Waals surface area contributed by atoms with Gasteiger partial charge in [-0.15, -0.1) is 11.3 Å². The van der Waals surface area contributed by atoms with Crippen LogP contribution in [-0.2, 0) is 11.2 Å². The zero-order valence-electron chi connectivity index (χ0n) is 13.1. The van der Waals surface area contributed by atoms with Gasteiger partial charge in [-0.25, -0.2) is 4.39 Å². The van der Waals surface area contributed by atoms with E-state index in [-0.39, 0.29) is 24.7 Å². The van der Waals surface area contributed by atoms with Gasteiger partial charge in [0.25, 0.3) is 5.91 Å². The van der Waals surface area contributed by atoms with E-state index in [2.05, 4.69) is 0 Å². The van der Waals surface area contributed by atoms with E-state index in [4.69, 9.17) is 5.73 Å². The summed E-state index contributed by atoms with van der Waals surface area (Å²) in [6, 6.07) is 7.48. The van der Waals surface area contributed by atoms with Crippen molar-refractivity contribution in [1.82, 2.24) is 0 Å². The van der Waals surface area contributed by atoms with Gasteiger partial charge in [0.15, 0.2) is 0 Å². The van der Waals surface area contributed by atoms with Crippen LogP contribution in [0.25, 0.3) is 0 Å². The van der Waals surface area contributed by atoms with E-state index in [1.54, 1.807) is 0 Å². The molecule has 122 valence electrons. The molecule has 0 spiro atoms. The number of nitrogens with zero attached hydrogens (tertiary/aromatic N) is 1. The normalized spacial score (nSPS) is 10.6. The first-order valence-electron chi connectivity index (χ1n) is 7.37. The molecule has 0 aliphatic heterocycles. The molecule has 2 N–H and O–H groups in total. The van der Waals surface area contributed by atoms with Gasteiger partial charge >= 0.3 is 0 Å². The summed E-state index contributed by atoms with van der Waals surface area (Å²) in [6.45, 7) is 4.17. The number of halogens is 1. The molecular formula is C17H19FN2O2S. The highest BCUT2D eigenvalue weighted by Crippen LogP contribution is 2.26. The molecule has 4 nitrogen and oxygen atoms in total. The van der Waals surface area contributed by atoms with E-state index >= 15 is 0 Å². The molecule has 1 aromatic carbocycles. The number of benzene rings is 1. The second kappa shape index (κ2) is 7.37. The number of rotatable bonds is 6. The second-order valence-electron chi connectivity index (χ2n) is 5.22. The molecule has 0 aliphatic carbocycles. The van der Waals surface area contributed by atoms with Crippen molar-refractivity contribution in [2.24, 2.45) is 5.73 Å². The van der Waals surface area contributed by atoms with Crippen LogP contribution in [0.4, 0.5) is 10.1 Å². The van der Waals surface area contributed by atoms with Crippen molar-refractivity contribution < 1.29 is 14.0 Å². The number of nitrogens with two attached hydrogens (primary N) is 1. The van der Waals surface area contributed by atoms with Crippen molar-refractivity contribution in [2.75, 3.05) is 11.4 Å². The molecule has 0 radical (unpaired) electrons. The Bertz CT molecular complexity index is 710. The third kappa shape index (κ3) is 4.16. The van der Waals surface area contributed by atoms with Gasteiger partial charge in [0.2, 0.25) is 5.91 Å². The van der Waals surface area contributed by atoms with Gasteiger partial charge in [-0.05, 0) is 49.2 Å². The number of hydrogen-bond donors (Lipinski definition) is 1. The fourth-order valence-electron chi connectivity index (χ4n) is 2.30. The van der Waals surface area contributed by atoms with Crippen molar-refractivity contribution in [1.29, 1.82) is 0 Å². The first-order valence-corrected chi connectivity index (χ1v) is 8.19. The lowest BCUT2D eigenvalue weighted by atomic mass is 10.2. The highest BCUT2D eigenvalue weighted by atomic mass is 32.1. The summed E-state index contributed by atoms with van der Waals surface area (Å²) in [7, 11) is 0. The molecule has 2 amide bonds. The summed E-state index contributed by atoms with van der Waals surface area (Å²) in [5, 5.41) is 0. The average Bonchev–Trinajstić information content (AvgIpc) is 2.89. The lowest BCUT2D eigenvalue weighted by Gasteiger charge is -2.21. The molecule has 0 saturated carbocycles. The van der Waals surface area contributed by atoms with Crippen LogP contribution in [0.5, 0.6) is 0 Å². The number of primary amides is 1. The minimum Gasteiger partial charge on any atom is -0.370 e. The van der Waals surface area contributed by atoms with Crippen LogP contribution >= 0.6 is 11.3 Å². The number of carbonyl (C=O) groups is 2. The van der Waals surface area contributed by atoms with Gasteiger partial charge in [-0.3, -0.25) is 9.59 Å². The minimum atomic E-state index is -0.485. The van der Waals surface area contributed by atoms with E-state index in [1.807, 2.05) is 19.9 Å². The van der Waals surface area contributed by atoms with Crippen molar-refractivity contribution >= 4 is 28.8 Å². The van der Waals surface area contributed by atoms with Crippen LogP contribution in [0.15, 0.2) is 30.3 Å². The van der Waals surface area contributed by atoms with Gasteiger partial charge in [-0.1, -0.05) is 6.92 Å². The third-order valence-corrected chi connectivity index (χ3v) is 4.89. The van der Waals surface area contributed by atoms with Gasteiger partial charge in [0.1, 0.15) is 5.82 Å². The molecule has 2 rings (SSSR count). The fourth-order valence-corrected chi connectivity index (χ4v) is 3.36. The molecule has 6 heteroatoms. The number of anilines is 1. The topological polar surface area (TPSA) is 63.4 Å². The molecule has 0 unspecified atom stereocenters. The fraction of sp³-hybridized carbons (Fsp3) is 0.294. The predicted molar refractivity (Wildman–Crippen MR) is 90.3 cm³/mol. The molecule has 0 aliphatic rings. The van der Waals surface area contributed by atoms with Crippen molar-refractivity contribution in [2.45, 2.75) is 26.7 Å². The highest BCUT2D eigenvalue weighted by Gasteiger charge is 2.21. The molecular weight excluding hydrogens is 315 g/mol. The lowest BCUT2D eigenvalue weighted by molar-refractivity contribution is -0.117. The van der Waals surface area contributed by atoms with Crippen LogP contribution < -0.4 is 10.6 Å². The summed E-state index contributed by atoms with van der Waals surface area (Å²) in [4.78, 5) is 27.1. The first kappa shape index (κ1) is 17.1. The first-order chi connectivity index (χ1) is 10.9. The largest absolute Gasteiger partial charge is 0.370 e. The highest BCUT2D eigenvalue weighted by molar-refractivity contribution is 7.14. The maximum atomic E-state index is 13.1. The molecule has 0 bridgehead atoms. The van der Waals surface area contributed by atoms with E-state index in [9.17, 15) is 14.0 Å². The lowest BCUT2D eigenvalue weighted by Crippen LogP contribution is -2.33. The number of thiophene rings is 1. The van der Waals surface area contributed by atoms with E-state index in [0.29, 0.717) is 10.6 Å². The summed E-state index contributed by atoms with van der Waals surface area (Å²) in [5.74, 6) is -1.07. The Morgan fingerprint density at radius 3 is 2.43 bits per heavy atom. The average molecular weight is 334 g/mol. The number of amides is 2. The van der Waals surface area contributed by atoms with Gasteiger partial charge in [0, 0.05) is 23.5 Å². The second-order valence-corrected chi connectivity index (χ2v) is 6.36. The Hall–Kier alpha value is -2.21. The third-order valence-electron chi connectivity index (χ3n) is 3.52. The molecule has 1 heterocycles. The monoisotopic (exact) mass is 334 g/mol. The summed E-state index contributed by atoms with van der Waals surface area (Å²) >= 11 is 1.45. The Labute approximate surface area is 138 Å². The van der Waals surface area contributed by atoms with Crippen molar-refractivity contribution in [3.8, 4) is 0 Å². The maximum absolute atomic E-state index is 13.1. The standard InChI is InChI=1S/C17H19FN2O2S/c1-3-14-11(2)10-15(23-14)17(22)20(9-8-16(19)21)13-6-4-12(18)5-7-13/h4-7,10H,3,8-9H2,1-2H3,(H2,19,21). The zero-order valence-corrected chi connectivity index (χ0v) is 14.0.